The number of anilines is 1. The minimum atomic E-state index is -4.13. The number of aryl methyl sites for hydroxylation is 1. The fourth-order valence-electron chi connectivity index (χ4n) is 1.84. The lowest BCUT2D eigenvalue weighted by Gasteiger charge is -2.12. The Labute approximate surface area is 113 Å². The van der Waals surface area contributed by atoms with Crippen LogP contribution in [0, 0.1) is 0 Å². The van der Waals surface area contributed by atoms with Gasteiger partial charge in [0.05, 0.1) is 12.5 Å². The second kappa shape index (κ2) is 5.33. The zero-order valence-corrected chi connectivity index (χ0v) is 11.3. The Hall–Kier alpha value is -1.74. The Morgan fingerprint density at radius 1 is 1.50 bits per heavy atom. The first-order valence-electron chi connectivity index (χ1n) is 5.77. The monoisotopic (exact) mass is 302 g/mol. The van der Waals surface area contributed by atoms with Gasteiger partial charge in [0.15, 0.2) is 11.2 Å². The molecule has 0 spiro atoms. The van der Waals surface area contributed by atoms with E-state index in [-0.39, 0.29) is 11.5 Å². The van der Waals surface area contributed by atoms with Crippen LogP contribution in [0.4, 0.5) is 5.95 Å². The van der Waals surface area contributed by atoms with Crippen LogP contribution in [-0.4, -0.2) is 41.5 Å². The van der Waals surface area contributed by atoms with E-state index in [0.717, 1.165) is 0 Å². The number of nitrogens with two attached hydrogens (primary N) is 2. The summed E-state index contributed by atoms with van der Waals surface area (Å²) in [6, 6.07) is -0.660. The van der Waals surface area contributed by atoms with E-state index in [4.69, 9.17) is 21.3 Å². The maximum Gasteiger partial charge on any atom is 0.327 e. The molecule has 20 heavy (non-hydrogen) atoms. The molecule has 0 aliphatic heterocycles. The van der Waals surface area contributed by atoms with Gasteiger partial charge in [-0.2, -0.15) is 4.98 Å². The molecule has 2 aromatic heterocycles. The molecule has 7 N–H and O–H groups in total. The fourth-order valence-corrected chi connectivity index (χ4v) is 2.63. The average Bonchev–Trinajstić information content (AvgIpc) is 2.67. The Balaban J connectivity index is 2.15. The van der Waals surface area contributed by atoms with Gasteiger partial charge in [0.1, 0.15) is 0 Å². The number of nitrogens with one attached hydrogen (secondary N) is 1. The van der Waals surface area contributed by atoms with Gasteiger partial charge in [0.2, 0.25) is 5.95 Å². The van der Waals surface area contributed by atoms with E-state index in [2.05, 4.69) is 15.0 Å². The number of hydrogen-bond donors (Lipinski definition) is 5. The lowest BCUT2D eigenvalue weighted by Crippen LogP contribution is -2.26. The van der Waals surface area contributed by atoms with Gasteiger partial charge < -0.3 is 25.8 Å². The largest absolute Gasteiger partial charge is 0.369 e. The number of rotatable bonds is 5. The van der Waals surface area contributed by atoms with E-state index in [9.17, 15) is 9.36 Å². The molecule has 110 valence electrons. The van der Waals surface area contributed by atoms with Gasteiger partial charge >= 0.3 is 7.60 Å². The molecule has 2 heterocycles. The summed E-state index contributed by atoms with van der Waals surface area (Å²) in [5.41, 5.74) is 11.1. The van der Waals surface area contributed by atoms with Gasteiger partial charge in [-0.05, 0) is 6.42 Å². The zero-order valence-electron chi connectivity index (χ0n) is 10.4. The Bertz CT molecular complexity index is 719. The first kappa shape index (κ1) is 14.7. The molecule has 1 atom stereocenters. The van der Waals surface area contributed by atoms with Crippen LogP contribution in [-0.2, 0) is 11.1 Å². The van der Waals surface area contributed by atoms with Crippen molar-refractivity contribution in [2.45, 2.75) is 19.0 Å². The van der Waals surface area contributed by atoms with Crippen molar-refractivity contribution in [1.82, 2.24) is 19.5 Å². The van der Waals surface area contributed by atoms with E-state index < -0.39 is 25.4 Å². The van der Waals surface area contributed by atoms with Crippen molar-refractivity contribution in [2.75, 3.05) is 11.9 Å². The van der Waals surface area contributed by atoms with Crippen molar-refractivity contribution in [2.24, 2.45) is 5.73 Å². The quantitative estimate of drug-likeness (QED) is 0.419. The summed E-state index contributed by atoms with van der Waals surface area (Å²) in [5, 5.41) is 0. The third-order valence-electron chi connectivity index (χ3n) is 2.71. The van der Waals surface area contributed by atoms with Crippen LogP contribution in [0.5, 0.6) is 0 Å². The first-order valence-corrected chi connectivity index (χ1v) is 7.57. The van der Waals surface area contributed by atoms with Crippen LogP contribution >= 0.6 is 7.60 Å². The summed E-state index contributed by atoms with van der Waals surface area (Å²) in [6.45, 7) is 0.327. The maximum absolute atomic E-state index is 11.6. The van der Waals surface area contributed by atoms with Crippen molar-refractivity contribution >= 4 is 24.7 Å². The molecule has 0 aromatic carbocycles. The number of H-pyrrole nitrogens is 1. The number of aromatic amines is 1. The second-order valence-corrected chi connectivity index (χ2v) is 6.15. The molecule has 0 fully saturated rings. The molecule has 2 aromatic rings. The lowest BCUT2D eigenvalue weighted by atomic mass is 10.2. The van der Waals surface area contributed by atoms with Crippen LogP contribution in [0.25, 0.3) is 11.2 Å². The Morgan fingerprint density at radius 3 is 2.85 bits per heavy atom. The molecule has 0 amide bonds. The Kier molecular flexibility index (Phi) is 3.91. The number of nitrogens with zero attached hydrogens (tertiary/aromatic N) is 3. The lowest BCUT2D eigenvalue weighted by molar-refractivity contribution is 0.366. The predicted octanol–water partition coefficient (Wildman–Crippen LogP) is -1.40. The van der Waals surface area contributed by atoms with Crippen molar-refractivity contribution in [1.29, 1.82) is 0 Å². The highest BCUT2D eigenvalue weighted by Gasteiger charge is 2.19. The maximum atomic E-state index is 11.6. The average molecular weight is 302 g/mol. The summed E-state index contributed by atoms with van der Waals surface area (Å²) >= 11 is 0. The highest BCUT2D eigenvalue weighted by Crippen LogP contribution is 2.35. The van der Waals surface area contributed by atoms with Crippen molar-refractivity contribution < 1.29 is 14.4 Å². The van der Waals surface area contributed by atoms with E-state index in [1.807, 2.05) is 0 Å². The second-order valence-electron chi connectivity index (χ2n) is 4.46. The highest BCUT2D eigenvalue weighted by atomic mass is 31.2. The molecule has 0 aliphatic carbocycles. The summed E-state index contributed by atoms with van der Waals surface area (Å²) < 4.78 is 12.4. The summed E-state index contributed by atoms with van der Waals surface area (Å²) in [5.74, 6) is -0.0243. The third-order valence-corrected chi connectivity index (χ3v) is 3.65. The molecular weight excluding hydrogens is 287 g/mol. The highest BCUT2D eigenvalue weighted by molar-refractivity contribution is 7.51. The molecule has 0 saturated heterocycles. The van der Waals surface area contributed by atoms with Gasteiger partial charge in [-0.3, -0.25) is 14.3 Å². The number of imidazole rings is 1. The van der Waals surface area contributed by atoms with Gasteiger partial charge in [-0.1, -0.05) is 0 Å². The zero-order chi connectivity index (χ0) is 14.9. The number of hydrogen-bond acceptors (Lipinski definition) is 6. The van der Waals surface area contributed by atoms with Crippen LogP contribution in [0.3, 0.4) is 0 Å². The molecule has 2 rings (SSSR count). The van der Waals surface area contributed by atoms with Crippen molar-refractivity contribution in [3.05, 3.63) is 16.7 Å². The number of nitrogen functional groups attached to an aromatic ring is 1. The first-order chi connectivity index (χ1) is 9.26. The van der Waals surface area contributed by atoms with E-state index in [1.54, 1.807) is 4.57 Å². The summed E-state index contributed by atoms with van der Waals surface area (Å²) in [6.07, 6.45) is 1.33. The van der Waals surface area contributed by atoms with Gasteiger partial charge in [0.25, 0.3) is 5.56 Å². The van der Waals surface area contributed by atoms with Crippen LogP contribution < -0.4 is 17.0 Å². The number of fused-ring (bicyclic) bond motifs is 1. The van der Waals surface area contributed by atoms with Gasteiger partial charge in [-0.25, -0.2) is 4.98 Å². The minimum Gasteiger partial charge on any atom is -0.369 e. The topological polar surface area (TPSA) is 173 Å². The predicted molar refractivity (Wildman–Crippen MR) is 72.1 cm³/mol. The SMILES string of the molecule is Nc1nc2c(ncn2CC[C@@H](N)CP(=O)(O)O)c(=O)[nH]1. The molecule has 11 heteroatoms. The Morgan fingerprint density at radius 2 is 2.20 bits per heavy atom. The minimum absolute atomic E-state index is 0.0243. The van der Waals surface area contributed by atoms with Gasteiger partial charge in [-0.15, -0.1) is 0 Å². The normalized spacial score (nSPS) is 13.8. The molecule has 0 bridgehead atoms. The van der Waals surface area contributed by atoms with Crippen molar-refractivity contribution in [3.8, 4) is 0 Å². The standard InChI is InChI=1S/C9H15N6O4P/c10-5(3-20(17,18)19)1-2-15-4-12-6-7(15)13-9(11)14-8(6)16/h4-5H,1-3,10H2,(H2,17,18,19)(H3,11,13,14,16)/t5-/m1/s1. The molecular formula is C9H15N6O4P. The van der Waals surface area contributed by atoms with E-state index >= 15 is 0 Å². The van der Waals surface area contributed by atoms with Crippen LogP contribution in [0.1, 0.15) is 6.42 Å². The molecule has 0 unspecified atom stereocenters. The summed E-state index contributed by atoms with van der Waals surface area (Å²) in [4.78, 5) is 39.4. The van der Waals surface area contributed by atoms with Crippen molar-refractivity contribution in [3.63, 3.8) is 0 Å². The van der Waals surface area contributed by atoms with Crippen LogP contribution in [0.15, 0.2) is 11.1 Å². The fraction of sp³-hybridized carbons (Fsp3) is 0.444. The molecule has 0 radical (unpaired) electrons. The number of aromatic nitrogens is 4. The van der Waals surface area contributed by atoms with E-state index in [0.29, 0.717) is 18.6 Å². The smallest absolute Gasteiger partial charge is 0.327 e. The van der Waals surface area contributed by atoms with Gasteiger partial charge in [0, 0.05) is 12.6 Å². The third kappa shape index (κ3) is 3.42. The van der Waals surface area contributed by atoms with Crippen LogP contribution in [0.2, 0.25) is 0 Å². The summed E-state index contributed by atoms with van der Waals surface area (Å²) in [7, 11) is -4.13. The van der Waals surface area contributed by atoms with E-state index in [1.165, 1.54) is 6.33 Å². The molecule has 0 saturated carbocycles. The molecule has 10 nitrogen and oxygen atoms in total. The molecule has 0 aliphatic rings.